The lowest BCUT2D eigenvalue weighted by Gasteiger charge is -2.04. The summed E-state index contributed by atoms with van der Waals surface area (Å²) in [6.07, 6.45) is 4.86. The second-order valence-electron chi connectivity index (χ2n) is 5.32. The molecule has 0 aromatic heterocycles. The van der Waals surface area contributed by atoms with Crippen LogP contribution in [0.4, 0.5) is 0 Å². The number of unbranched alkanes of at least 4 members (excludes halogenated alkanes) is 3. The molecular weight excluding hydrogens is 258 g/mol. The number of rotatable bonds is 8. The van der Waals surface area contributed by atoms with Gasteiger partial charge in [0.25, 0.3) is 0 Å². The number of carbonyl (C=O) groups is 1. The Morgan fingerprint density at radius 2 is 1.38 bits per heavy atom. The van der Waals surface area contributed by atoms with Gasteiger partial charge in [-0.25, -0.2) is 0 Å². The number of carbonyl (C=O) groups excluding carboxylic acids is 1. The monoisotopic (exact) mass is 281 g/mol. The van der Waals surface area contributed by atoms with Crippen LogP contribution < -0.4 is 5.73 Å². The van der Waals surface area contributed by atoms with Crippen LogP contribution >= 0.6 is 0 Å². The highest BCUT2D eigenvalue weighted by Crippen LogP contribution is 2.20. The molecule has 0 aliphatic rings. The molecular formula is C19H23NO. The first-order valence-electron chi connectivity index (χ1n) is 7.70. The largest absolute Gasteiger partial charge is 0.330 e. The molecule has 0 aliphatic carbocycles. The number of nitrogens with two attached hydrogens (primary N) is 1. The van der Waals surface area contributed by atoms with Crippen LogP contribution in [0, 0.1) is 0 Å². The van der Waals surface area contributed by atoms with Crippen LogP contribution in [-0.2, 0) is 0 Å². The summed E-state index contributed by atoms with van der Waals surface area (Å²) in [6, 6.07) is 18.1. The second-order valence-corrected chi connectivity index (χ2v) is 5.32. The molecule has 0 bridgehead atoms. The SMILES string of the molecule is NCCCCCCC(=O)c1ccc(-c2ccccc2)cc1. The van der Waals surface area contributed by atoms with Crippen molar-refractivity contribution in [1.82, 2.24) is 0 Å². The first kappa shape index (κ1) is 15.5. The molecule has 0 unspecified atom stereocenters. The van der Waals surface area contributed by atoms with Crippen molar-refractivity contribution in [2.45, 2.75) is 32.1 Å². The van der Waals surface area contributed by atoms with Crippen LogP contribution in [0.15, 0.2) is 54.6 Å². The van der Waals surface area contributed by atoms with E-state index in [9.17, 15) is 4.79 Å². The van der Waals surface area contributed by atoms with Crippen LogP contribution in [0.1, 0.15) is 42.5 Å². The molecule has 0 heterocycles. The van der Waals surface area contributed by atoms with E-state index in [0.29, 0.717) is 6.42 Å². The zero-order valence-corrected chi connectivity index (χ0v) is 12.4. The van der Waals surface area contributed by atoms with E-state index in [1.807, 2.05) is 42.5 Å². The molecule has 0 radical (unpaired) electrons. The predicted octanol–water partition coefficient (Wildman–Crippen LogP) is 4.45. The molecule has 2 aromatic carbocycles. The second kappa shape index (κ2) is 8.38. The fourth-order valence-electron chi connectivity index (χ4n) is 2.41. The van der Waals surface area contributed by atoms with Gasteiger partial charge in [0.2, 0.25) is 0 Å². The smallest absolute Gasteiger partial charge is 0.162 e. The third-order valence-electron chi connectivity index (χ3n) is 3.67. The number of hydrogen-bond acceptors (Lipinski definition) is 2. The molecule has 0 atom stereocenters. The minimum atomic E-state index is 0.238. The van der Waals surface area contributed by atoms with Gasteiger partial charge in [-0.1, -0.05) is 67.4 Å². The topological polar surface area (TPSA) is 43.1 Å². The van der Waals surface area contributed by atoms with E-state index in [0.717, 1.165) is 43.4 Å². The first-order valence-corrected chi connectivity index (χ1v) is 7.70. The van der Waals surface area contributed by atoms with Gasteiger partial charge in [-0.05, 0) is 30.5 Å². The highest BCUT2D eigenvalue weighted by atomic mass is 16.1. The summed E-state index contributed by atoms with van der Waals surface area (Å²) in [6.45, 7) is 0.745. The van der Waals surface area contributed by atoms with E-state index in [1.54, 1.807) is 0 Å². The number of hydrogen-bond donors (Lipinski definition) is 1. The van der Waals surface area contributed by atoms with Crippen molar-refractivity contribution < 1.29 is 4.79 Å². The van der Waals surface area contributed by atoms with Crippen LogP contribution in [-0.4, -0.2) is 12.3 Å². The minimum absolute atomic E-state index is 0.238. The normalized spacial score (nSPS) is 10.5. The van der Waals surface area contributed by atoms with E-state index < -0.39 is 0 Å². The van der Waals surface area contributed by atoms with Crippen LogP contribution in [0.25, 0.3) is 11.1 Å². The summed E-state index contributed by atoms with van der Waals surface area (Å²) in [7, 11) is 0. The maximum atomic E-state index is 12.1. The molecule has 0 saturated heterocycles. The highest BCUT2D eigenvalue weighted by molar-refractivity contribution is 5.96. The Morgan fingerprint density at radius 1 is 0.762 bits per heavy atom. The quantitative estimate of drug-likeness (QED) is 0.574. The van der Waals surface area contributed by atoms with Gasteiger partial charge in [0, 0.05) is 12.0 Å². The summed E-state index contributed by atoms with van der Waals surface area (Å²) < 4.78 is 0. The van der Waals surface area contributed by atoms with Gasteiger partial charge in [0.05, 0.1) is 0 Å². The standard InChI is InChI=1S/C19H23NO/c20-15-7-2-1-6-10-19(21)18-13-11-17(12-14-18)16-8-4-3-5-9-16/h3-5,8-9,11-14H,1-2,6-7,10,15,20H2. The Bertz CT molecular complexity index is 546. The molecule has 0 saturated carbocycles. The molecule has 110 valence electrons. The van der Waals surface area contributed by atoms with Crippen molar-refractivity contribution in [3.05, 3.63) is 60.2 Å². The Hall–Kier alpha value is -1.93. The molecule has 2 heteroatoms. The fourth-order valence-corrected chi connectivity index (χ4v) is 2.41. The van der Waals surface area contributed by atoms with Gasteiger partial charge in [-0.15, -0.1) is 0 Å². The molecule has 0 aliphatic heterocycles. The zero-order chi connectivity index (χ0) is 14.9. The molecule has 0 amide bonds. The zero-order valence-electron chi connectivity index (χ0n) is 12.4. The molecule has 2 aromatic rings. The maximum Gasteiger partial charge on any atom is 0.162 e. The van der Waals surface area contributed by atoms with Gasteiger partial charge < -0.3 is 5.73 Å². The lowest BCUT2D eigenvalue weighted by Crippen LogP contribution is -2.00. The third-order valence-corrected chi connectivity index (χ3v) is 3.67. The first-order chi connectivity index (χ1) is 10.3. The summed E-state index contributed by atoms with van der Waals surface area (Å²) in [5, 5.41) is 0. The van der Waals surface area contributed by atoms with Crippen LogP contribution in [0.5, 0.6) is 0 Å². The van der Waals surface area contributed by atoms with Crippen LogP contribution in [0.3, 0.4) is 0 Å². The van der Waals surface area contributed by atoms with Gasteiger partial charge in [0.1, 0.15) is 0 Å². The average Bonchev–Trinajstić information content (AvgIpc) is 2.55. The van der Waals surface area contributed by atoms with Crippen molar-refractivity contribution in [2.75, 3.05) is 6.54 Å². The van der Waals surface area contributed by atoms with Crippen LogP contribution in [0.2, 0.25) is 0 Å². The predicted molar refractivity (Wildman–Crippen MR) is 88.3 cm³/mol. The molecule has 2 nitrogen and oxygen atoms in total. The van der Waals surface area contributed by atoms with Gasteiger partial charge >= 0.3 is 0 Å². The van der Waals surface area contributed by atoms with Crippen molar-refractivity contribution in [3.63, 3.8) is 0 Å². The summed E-state index contributed by atoms with van der Waals surface area (Å²) in [4.78, 5) is 12.1. The van der Waals surface area contributed by atoms with E-state index in [4.69, 9.17) is 5.73 Å². The van der Waals surface area contributed by atoms with Crippen molar-refractivity contribution >= 4 is 5.78 Å². The molecule has 21 heavy (non-hydrogen) atoms. The fraction of sp³-hybridized carbons (Fsp3) is 0.316. The minimum Gasteiger partial charge on any atom is -0.330 e. The molecule has 2 N–H and O–H groups in total. The van der Waals surface area contributed by atoms with Gasteiger partial charge in [-0.2, -0.15) is 0 Å². The molecule has 0 spiro atoms. The van der Waals surface area contributed by atoms with E-state index in [1.165, 1.54) is 5.56 Å². The number of ketones is 1. The van der Waals surface area contributed by atoms with Gasteiger partial charge in [-0.3, -0.25) is 4.79 Å². The molecule has 2 rings (SSSR count). The highest BCUT2D eigenvalue weighted by Gasteiger charge is 2.06. The Balaban J connectivity index is 1.88. The van der Waals surface area contributed by atoms with Crippen molar-refractivity contribution in [2.24, 2.45) is 5.73 Å². The van der Waals surface area contributed by atoms with E-state index >= 15 is 0 Å². The lowest BCUT2D eigenvalue weighted by atomic mass is 10.00. The molecule has 0 fully saturated rings. The Labute approximate surface area is 127 Å². The number of benzene rings is 2. The third kappa shape index (κ3) is 4.83. The maximum absolute atomic E-state index is 12.1. The summed E-state index contributed by atoms with van der Waals surface area (Å²) >= 11 is 0. The van der Waals surface area contributed by atoms with E-state index in [-0.39, 0.29) is 5.78 Å². The summed E-state index contributed by atoms with van der Waals surface area (Å²) in [5.74, 6) is 0.238. The lowest BCUT2D eigenvalue weighted by molar-refractivity contribution is 0.0979. The van der Waals surface area contributed by atoms with Crippen molar-refractivity contribution in [3.8, 4) is 11.1 Å². The van der Waals surface area contributed by atoms with Gasteiger partial charge in [0.15, 0.2) is 5.78 Å². The van der Waals surface area contributed by atoms with Crippen molar-refractivity contribution in [1.29, 1.82) is 0 Å². The number of Topliss-reactive ketones (excluding diaryl/α,β-unsaturated/α-hetero) is 1. The average molecular weight is 281 g/mol. The van der Waals surface area contributed by atoms with E-state index in [2.05, 4.69) is 12.1 Å². The Morgan fingerprint density at radius 3 is 2.05 bits per heavy atom. The Kier molecular flexibility index (Phi) is 6.17. The summed E-state index contributed by atoms with van der Waals surface area (Å²) in [5.41, 5.74) is 8.60.